The van der Waals surface area contributed by atoms with Crippen molar-refractivity contribution in [2.45, 2.75) is 0 Å². The van der Waals surface area contributed by atoms with Crippen LogP contribution in [-0.2, 0) is 9.59 Å². The first kappa shape index (κ1) is 14.1. The van der Waals surface area contributed by atoms with Crippen LogP contribution in [0.5, 0.6) is 0 Å². The number of thioether (sulfide) groups is 1. The summed E-state index contributed by atoms with van der Waals surface area (Å²) in [5.74, 6) is -1.22. The van der Waals surface area contributed by atoms with Crippen LogP contribution >= 0.6 is 11.8 Å². The van der Waals surface area contributed by atoms with E-state index in [0.29, 0.717) is 11.3 Å². The van der Waals surface area contributed by atoms with E-state index in [1.807, 2.05) is 6.07 Å². The van der Waals surface area contributed by atoms with Crippen LogP contribution in [0.3, 0.4) is 0 Å². The summed E-state index contributed by atoms with van der Waals surface area (Å²) in [6, 6.07) is 8.78. The SMILES string of the molecule is CN(C(=O)CSCC(=O)O)c1ccccc1C#N. The van der Waals surface area contributed by atoms with Gasteiger partial charge in [-0.3, -0.25) is 9.59 Å². The van der Waals surface area contributed by atoms with Gasteiger partial charge in [0.25, 0.3) is 0 Å². The molecule has 0 aliphatic heterocycles. The Labute approximate surface area is 109 Å². The summed E-state index contributed by atoms with van der Waals surface area (Å²) >= 11 is 1.03. The van der Waals surface area contributed by atoms with Crippen LogP contribution in [-0.4, -0.2) is 35.5 Å². The third kappa shape index (κ3) is 3.79. The average molecular weight is 264 g/mol. The quantitative estimate of drug-likeness (QED) is 0.867. The molecule has 0 unspecified atom stereocenters. The molecule has 0 heterocycles. The number of carboxylic acid groups (broad SMARTS) is 1. The summed E-state index contributed by atoms with van der Waals surface area (Å²) in [5.41, 5.74) is 0.942. The van der Waals surface area contributed by atoms with Gasteiger partial charge in [-0.1, -0.05) is 12.1 Å². The Morgan fingerprint density at radius 2 is 2.06 bits per heavy atom. The minimum absolute atomic E-state index is 0.0720. The van der Waals surface area contributed by atoms with E-state index in [9.17, 15) is 9.59 Å². The van der Waals surface area contributed by atoms with Crippen molar-refractivity contribution in [2.24, 2.45) is 0 Å². The second kappa shape index (κ2) is 6.67. The van der Waals surface area contributed by atoms with E-state index in [4.69, 9.17) is 10.4 Å². The number of para-hydroxylation sites is 1. The van der Waals surface area contributed by atoms with Crippen molar-refractivity contribution in [1.29, 1.82) is 5.26 Å². The molecule has 1 aromatic carbocycles. The molecule has 0 radical (unpaired) electrons. The Morgan fingerprint density at radius 3 is 2.67 bits per heavy atom. The highest BCUT2D eigenvalue weighted by atomic mass is 32.2. The van der Waals surface area contributed by atoms with Crippen molar-refractivity contribution in [3.63, 3.8) is 0 Å². The molecule has 0 aliphatic rings. The summed E-state index contributed by atoms with van der Waals surface area (Å²) in [7, 11) is 1.57. The molecule has 94 valence electrons. The van der Waals surface area contributed by atoms with Crippen molar-refractivity contribution < 1.29 is 14.7 Å². The monoisotopic (exact) mass is 264 g/mol. The normalized spacial score (nSPS) is 9.56. The standard InChI is InChI=1S/C12H12N2O3S/c1-14(11(15)7-18-8-12(16)17)10-5-3-2-4-9(10)6-13/h2-5H,7-8H2,1H3,(H,16,17). The Bertz CT molecular complexity index is 496. The van der Waals surface area contributed by atoms with Crippen molar-refractivity contribution in [2.75, 3.05) is 23.5 Å². The number of benzene rings is 1. The molecule has 1 N–H and O–H groups in total. The van der Waals surface area contributed by atoms with E-state index in [0.717, 1.165) is 11.8 Å². The maximum atomic E-state index is 11.8. The molecule has 0 bridgehead atoms. The first-order chi connectivity index (χ1) is 8.56. The largest absolute Gasteiger partial charge is 0.481 e. The summed E-state index contributed by atoms with van der Waals surface area (Å²) < 4.78 is 0. The number of hydrogen-bond acceptors (Lipinski definition) is 4. The average Bonchev–Trinajstić information content (AvgIpc) is 2.37. The van der Waals surface area contributed by atoms with Crippen LogP contribution in [0.1, 0.15) is 5.56 Å². The van der Waals surface area contributed by atoms with Crippen LogP contribution in [0.15, 0.2) is 24.3 Å². The van der Waals surface area contributed by atoms with Crippen LogP contribution < -0.4 is 4.90 Å². The van der Waals surface area contributed by atoms with Gasteiger partial charge in [0.2, 0.25) is 5.91 Å². The van der Waals surface area contributed by atoms with E-state index in [2.05, 4.69) is 0 Å². The van der Waals surface area contributed by atoms with Gasteiger partial charge in [0, 0.05) is 7.05 Å². The van der Waals surface area contributed by atoms with Gasteiger partial charge in [0.1, 0.15) is 6.07 Å². The van der Waals surface area contributed by atoms with Crippen molar-refractivity contribution in [1.82, 2.24) is 0 Å². The smallest absolute Gasteiger partial charge is 0.313 e. The third-order valence-electron chi connectivity index (χ3n) is 2.21. The van der Waals surface area contributed by atoms with Gasteiger partial charge in [-0.05, 0) is 12.1 Å². The number of carbonyl (C=O) groups is 2. The maximum Gasteiger partial charge on any atom is 0.313 e. The predicted molar refractivity (Wildman–Crippen MR) is 69.5 cm³/mol. The van der Waals surface area contributed by atoms with E-state index in [1.54, 1.807) is 31.3 Å². The molecular formula is C12H12N2O3S. The molecule has 0 saturated carbocycles. The molecule has 0 aromatic heterocycles. The molecule has 0 fully saturated rings. The Hall–Kier alpha value is -2.00. The van der Waals surface area contributed by atoms with E-state index in [-0.39, 0.29) is 17.4 Å². The number of hydrogen-bond donors (Lipinski definition) is 1. The molecule has 5 nitrogen and oxygen atoms in total. The van der Waals surface area contributed by atoms with Crippen molar-refractivity contribution in [3.05, 3.63) is 29.8 Å². The number of nitriles is 1. The topological polar surface area (TPSA) is 81.4 Å². The highest BCUT2D eigenvalue weighted by Crippen LogP contribution is 2.19. The summed E-state index contributed by atoms with van der Waals surface area (Å²) in [6.45, 7) is 0. The summed E-state index contributed by atoms with van der Waals surface area (Å²) in [5, 5.41) is 17.4. The molecule has 1 aromatic rings. The minimum atomic E-state index is -0.951. The van der Waals surface area contributed by atoms with E-state index >= 15 is 0 Å². The molecule has 18 heavy (non-hydrogen) atoms. The Balaban J connectivity index is 2.69. The first-order valence-electron chi connectivity index (χ1n) is 5.11. The third-order valence-corrected chi connectivity index (χ3v) is 3.11. The molecule has 0 aliphatic carbocycles. The van der Waals surface area contributed by atoms with Crippen molar-refractivity contribution in [3.8, 4) is 6.07 Å². The van der Waals surface area contributed by atoms with E-state index < -0.39 is 5.97 Å². The Morgan fingerprint density at radius 1 is 1.39 bits per heavy atom. The maximum absolute atomic E-state index is 11.8. The number of anilines is 1. The number of carbonyl (C=O) groups excluding carboxylic acids is 1. The fourth-order valence-corrected chi connectivity index (χ4v) is 1.96. The van der Waals surface area contributed by atoms with Gasteiger partial charge < -0.3 is 10.0 Å². The van der Waals surface area contributed by atoms with Crippen LogP contribution in [0.4, 0.5) is 5.69 Å². The lowest BCUT2D eigenvalue weighted by atomic mass is 10.2. The minimum Gasteiger partial charge on any atom is -0.481 e. The molecule has 1 rings (SSSR count). The number of amides is 1. The van der Waals surface area contributed by atoms with Crippen LogP contribution in [0, 0.1) is 11.3 Å². The molecule has 1 amide bonds. The predicted octanol–water partition coefficient (Wildman–Crippen LogP) is 1.34. The second-order valence-corrected chi connectivity index (χ2v) is 4.45. The van der Waals surface area contributed by atoms with Crippen molar-refractivity contribution >= 4 is 29.3 Å². The fraction of sp³-hybridized carbons (Fsp3) is 0.250. The molecule has 0 atom stereocenters. The zero-order valence-electron chi connectivity index (χ0n) is 9.79. The summed E-state index contributed by atoms with van der Waals surface area (Å²) in [4.78, 5) is 23.5. The molecule has 0 spiro atoms. The Kier molecular flexibility index (Phi) is 5.21. The van der Waals surface area contributed by atoms with Gasteiger partial charge in [0.15, 0.2) is 0 Å². The highest BCUT2D eigenvalue weighted by Gasteiger charge is 2.14. The first-order valence-corrected chi connectivity index (χ1v) is 6.27. The number of nitrogens with zero attached hydrogens (tertiary/aromatic N) is 2. The van der Waals surface area contributed by atoms with Gasteiger partial charge >= 0.3 is 5.97 Å². The zero-order valence-corrected chi connectivity index (χ0v) is 10.6. The number of aliphatic carboxylic acids is 1. The number of carboxylic acids is 1. The lowest BCUT2D eigenvalue weighted by Gasteiger charge is -2.18. The lowest BCUT2D eigenvalue weighted by molar-refractivity contribution is -0.133. The lowest BCUT2D eigenvalue weighted by Crippen LogP contribution is -2.29. The zero-order chi connectivity index (χ0) is 13.5. The van der Waals surface area contributed by atoms with Gasteiger partial charge in [-0.2, -0.15) is 5.26 Å². The van der Waals surface area contributed by atoms with Crippen LogP contribution in [0.25, 0.3) is 0 Å². The second-order valence-electron chi connectivity index (χ2n) is 3.47. The molecular weight excluding hydrogens is 252 g/mol. The number of rotatable bonds is 5. The fourth-order valence-electron chi connectivity index (χ4n) is 1.32. The van der Waals surface area contributed by atoms with Gasteiger partial charge in [0.05, 0.1) is 22.8 Å². The van der Waals surface area contributed by atoms with Crippen LogP contribution in [0.2, 0.25) is 0 Å². The molecule has 0 saturated heterocycles. The summed E-state index contributed by atoms with van der Waals surface area (Å²) in [6.07, 6.45) is 0. The molecule has 6 heteroatoms. The van der Waals surface area contributed by atoms with Gasteiger partial charge in [-0.15, -0.1) is 11.8 Å². The van der Waals surface area contributed by atoms with Gasteiger partial charge in [-0.25, -0.2) is 0 Å². The van der Waals surface area contributed by atoms with E-state index in [1.165, 1.54) is 4.90 Å². The highest BCUT2D eigenvalue weighted by molar-refractivity contribution is 8.00.